The minimum atomic E-state index is -0.347. The van der Waals surface area contributed by atoms with Crippen LogP contribution < -0.4 is 0 Å². The predicted octanol–water partition coefficient (Wildman–Crippen LogP) is 3.31. The van der Waals surface area contributed by atoms with Gasteiger partial charge in [-0.3, -0.25) is 4.79 Å². The molecule has 18 heavy (non-hydrogen) atoms. The number of hydrogen-bond acceptors (Lipinski definition) is 2. The van der Waals surface area contributed by atoms with E-state index in [1.807, 2.05) is 25.1 Å². The summed E-state index contributed by atoms with van der Waals surface area (Å²) in [5.41, 5.74) is 0.816. The van der Waals surface area contributed by atoms with Crippen LogP contribution in [0.1, 0.15) is 38.2 Å². The van der Waals surface area contributed by atoms with Gasteiger partial charge in [0.1, 0.15) is 0 Å². The molecule has 0 aliphatic heterocycles. The number of rotatable bonds is 3. The van der Waals surface area contributed by atoms with E-state index in [1.54, 1.807) is 0 Å². The monoisotopic (exact) mass is 244 g/mol. The molecule has 0 radical (unpaired) electrons. The first-order valence-electron chi connectivity index (χ1n) is 7.00. The van der Waals surface area contributed by atoms with E-state index in [0.29, 0.717) is 12.5 Å². The molecule has 2 nitrogen and oxygen atoms in total. The maximum Gasteiger partial charge on any atom is 0.316 e. The zero-order valence-electron chi connectivity index (χ0n) is 10.9. The van der Waals surface area contributed by atoms with E-state index < -0.39 is 0 Å². The third kappa shape index (κ3) is 1.58. The highest BCUT2D eigenvalue weighted by Crippen LogP contribution is 2.57. The lowest BCUT2D eigenvalue weighted by Crippen LogP contribution is -2.42. The fourth-order valence-corrected chi connectivity index (χ4v) is 4.05. The van der Waals surface area contributed by atoms with Crippen LogP contribution in [0.3, 0.4) is 0 Å². The summed E-state index contributed by atoms with van der Waals surface area (Å²) in [5.74, 6) is 1.21. The van der Waals surface area contributed by atoms with E-state index in [4.69, 9.17) is 4.74 Å². The standard InChI is InChI=1S/C16H20O2/c1-2-18-15(17)16(13-6-4-3-5-7-13)11-12-8-9-14(16)10-12/h3-7,12,14H,2,8-11H2,1H3/t12-,14-,16+/m0/s1. The molecule has 0 heterocycles. The Morgan fingerprint density at radius 1 is 1.33 bits per heavy atom. The number of fused-ring (bicyclic) bond motifs is 2. The molecule has 3 rings (SSSR count). The van der Waals surface area contributed by atoms with Crippen molar-refractivity contribution in [1.82, 2.24) is 0 Å². The van der Waals surface area contributed by atoms with Crippen molar-refractivity contribution >= 4 is 5.97 Å². The summed E-state index contributed by atoms with van der Waals surface area (Å²) in [4.78, 5) is 12.5. The van der Waals surface area contributed by atoms with Gasteiger partial charge in [0, 0.05) is 0 Å². The molecule has 2 saturated carbocycles. The fourth-order valence-electron chi connectivity index (χ4n) is 4.05. The highest BCUT2D eigenvalue weighted by molar-refractivity contribution is 5.84. The molecule has 3 atom stereocenters. The minimum Gasteiger partial charge on any atom is -0.465 e. The lowest BCUT2D eigenvalue weighted by Gasteiger charge is -2.35. The maximum atomic E-state index is 12.5. The Morgan fingerprint density at radius 3 is 2.67 bits per heavy atom. The van der Waals surface area contributed by atoms with Gasteiger partial charge in [0.2, 0.25) is 0 Å². The molecule has 1 aromatic rings. The minimum absolute atomic E-state index is 0.00315. The number of esters is 1. The second kappa shape index (κ2) is 4.42. The van der Waals surface area contributed by atoms with Crippen molar-refractivity contribution in [2.75, 3.05) is 6.61 Å². The number of ether oxygens (including phenoxy) is 1. The Bertz CT molecular complexity index is 440. The Hall–Kier alpha value is -1.31. The quantitative estimate of drug-likeness (QED) is 0.762. The fraction of sp³-hybridized carbons (Fsp3) is 0.562. The number of benzene rings is 1. The van der Waals surface area contributed by atoms with Crippen molar-refractivity contribution in [1.29, 1.82) is 0 Å². The second-order valence-electron chi connectivity index (χ2n) is 5.64. The van der Waals surface area contributed by atoms with Crippen molar-refractivity contribution in [3.05, 3.63) is 35.9 Å². The van der Waals surface area contributed by atoms with E-state index in [9.17, 15) is 4.79 Å². The number of carbonyl (C=O) groups is 1. The predicted molar refractivity (Wildman–Crippen MR) is 70.2 cm³/mol. The van der Waals surface area contributed by atoms with Gasteiger partial charge < -0.3 is 4.74 Å². The summed E-state index contributed by atoms with van der Waals surface area (Å²) in [6, 6.07) is 10.3. The molecule has 0 unspecified atom stereocenters. The number of carbonyl (C=O) groups excluding carboxylic acids is 1. The van der Waals surface area contributed by atoms with E-state index in [2.05, 4.69) is 12.1 Å². The van der Waals surface area contributed by atoms with Gasteiger partial charge in [-0.25, -0.2) is 0 Å². The van der Waals surface area contributed by atoms with Crippen molar-refractivity contribution in [2.45, 2.75) is 38.0 Å². The molecule has 2 aliphatic rings. The first-order chi connectivity index (χ1) is 8.77. The van der Waals surface area contributed by atoms with Crippen LogP contribution in [0.25, 0.3) is 0 Å². The summed E-state index contributed by atoms with van der Waals surface area (Å²) in [7, 11) is 0. The van der Waals surface area contributed by atoms with E-state index in [0.717, 1.165) is 17.9 Å². The van der Waals surface area contributed by atoms with Crippen LogP contribution in [0.4, 0.5) is 0 Å². The molecule has 0 spiro atoms. The number of hydrogen-bond donors (Lipinski definition) is 0. The van der Waals surface area contributed by atoms with E-state index >= 15 is 0 Å². The molecule has 2 fully saturated rings. The van der Waals surface area contributed by atoms with Gasteiger partial charge in [0.15, 0.2) is 0 Å². The van der Waals surface area contributed by atoms with E-state index in [1.165, 1.54) is 19.3 Å². The zero-order valence-corrected chi connectivity index (χ0v) is 10.9. The lowest BCUT2D eigenvalue weighted by molar-refractivity contribution is -0.152. The molecule has 96 valence electrons. The molecule has 2 aliphatic carbocycles. The first kappa shape index (κ1) is 11.8. The Kier molecular flexibility index (Phi) is 2.89. The van der Waals surface area contributed by atoms with Crippen molar-refractivity contribution in [3.63, 3.8) is 0 Å². The van der Waals surface area contributed by atoms with Gasteiger partial charge in [-0.15, -0.1) is 0 Å². The second-order valence-corrected chi connectivity index (χ2v) is 5.64. The van der Waals surface area contributed by atoms with Gasteiger partial charge in [0.25, 0.3) is 0 Å². The third-order valence-corrected chi connectivity index (χ3v) is 4.78. The normalized spacial score (nSPS) is 33.6. The SMILES string of the molecule is CCOC(=O)[C@@]1(c2ccccc2)C[C@H]2CC[C@H]1C2. The van der Waals surface area contributed by atoms with Crippen LogP contribution in [0.5, 0.6) is 0 Å². The Balaban J connectivity index is 2.02. The van der Waals surface area contributed by atoms with Gasteiger partial charge in [0.05, 0.1) is 12.0 Å². The van der Waals surface area contributed by atoms with Gasteiger partial charge in [-0.2, -0.15) is 0 Å². The first-order valence-corrected chi connectivity index (χ1v) is 7.00. The molecule has 2 bridgehead atoms. The average molecular weight is 244 g/mol. The van der Waals surface area contributed by atoms with Crippen molar-refractivity contribution in [3.8, 4) is 0 Å². The molecule has 2 heteroatoms. The summed E-state index contributed by atoms with van der Waals surface area (Å²) >= 11 is 0. The van der Waals surface area contributed by atoms with Crippen molar-refractivity contribution < 1.29 is 9.53 Å². The van der Waals surface area contributed by atoms with Gasteiger partial charge >= 0.3 is 5.97 Å². The maximum absolute atomic E-state index is 12.5. The highest BCUT2D eigenvalue weighted by Gasteiger charge is 2.57. The van der Waals surface area contributed by atoms with Gasteiger partial charge in [-0.1, -0.05) is 36.8 Å². The lowest BCUT2D eigenvalue weighted by atomic mass is 9.68. The molecule has 0 N–H and O–H groups in total. The summed E-state index contributed by atoms with van der Waals surface area (Å²) in [6.07, 6.45) is 4.66. The molecule has 0 amide bonds. The van der Waals surface area contributed by atoms with Crippen LogP contribution in [0.15, 0.2) is 30.3 Å². The largest absolute Gasteiger partial charge is 0.465 e. The highest BCUT2D eigenvalue weighted by atomic mass is 16.5. The third-order valence-electron chi connectivity index (χ3n) is 4.78. The topological polar surface area (TPSA) is 26.3 Å². The molecule has 0 saturated heterocycles. The van der Waals surface area contributed by atoms with Crippen LogP contribution in [-0.2, 0) is 14.9 Å². The average Bonchev–Trinajstić information content (AvgIpc) is 3.01. The molecule has 0 aromatic heterocycles. The van der Waals surface area contributed by atoms with Crippen LogP contribution in [-0.4, -0.2) is 12.6 Å². The smallest absolute Gasteiger partial charge is 0.316 e. The molecular formula is C16H20O2. The van der Waals surface area contributed by atoms with Crippen LogP contribution >= 0.6 is 0 Å². The van der Waals surface area contributed by atoms with E-state index in [-0.39, 0.29) is 11.4 Å². The molecular weight excluding hydrogens is 224 g/mol. The van der Waals surface area contributed by atoms with Gasteiger partial charge in [-0.05, 0) is 43.6 Å². The Morgan fingerprint density at radius 2 is 2.11 bits per heavy atom. The zero-order chi connectivity index (χ0) is 12.6. The summed E-state index contributed by atoms with van der Waals surface area (Å²) < 4.78 is 5.40. The molecule has 1 aromatic carbocycles. The van der Waals surface area contributed by atoms with Crippen LogP contribution in [0.2, 0.25) is 0 Å². The van der Waals surface area contributed by atoms with Crippen molar-refractivity contribution in [2.24, 2.45) is 11.8 Å². The summed E-state index contributed by atoms with van der Waals surface area (Å²) in [6.45, 7) is 2.37. The summed E-state index contributed by atoms with van der Waals surface area (Å²) in [5, 5.41) is 0. The Labute approximate surface area is 108 Å². The van der Waals surface area contributed by atoms with Crippen LogP contribution in [0, 0.1) is 11.8 Å².